The molecule has 0 bridgehead atoms. The molecule has 1 saturated heterocycles. The van der Waals surface area contributed by atoms with Crippen LogP contribution in [-0.4, -0.2) is 22.6 Å². The number of hydrogen-bond donors (Lipinski definition) is 1. The summed E-state index contributed by atoms with van der Waals surface area (Å²) in [6.07, 6.45) is 8.07. The van der Waals surface area contributed by atoms with E-state index in [0.717, 1.165) is 19.6 Å². The lowest BCUT2D eigenvalue weighted by Gasteiger charge is -2.25. The van der Waals surface area contributed by atoms with Gasteiger partial charge in [-0.3, -0.25) is 0 Å². The summed E-state index contributed by atoms with van der Waals surface area (Å²) in [7, 11) is 0. The van der Waals surface area contributed by atoms with Gasteiger partial charge in [0.1, 0.15) is 0 Å². The lowest BCUT2D eigenvalue weighted by molar-refractivity contribution is 0.411. The van der Waals surface area contributed by atoms with E-state index in [0.29, 0.717) is 10.8 Å². The zero-order valence-corrected chi connectivity index (χ0v) is 10.3. The van der Waals surface area contributed by atoms with Crippen molar-refractivity contribution in [2.24, 2.45) is 5.41 Å². The van der Waals surface area contributed by atoms with Crippen molar-refractivity contribution in [1.29, 1.82) is 0 Å². The summed E-state index contributed by atoms with van der Waals surface area (Å²) in [5, 5.41) is 3.47. The highest BCUT2D eigenvalue weighted by molar-refractivity contribution is 5.17. The lowest BCUT2D eigenvalue weighted by atomic mass is 9.86. The molecule has 2 aliphatic rings. The minimum atomic E-state index is 0.293. The predicted molar refractivity (Wildman–Crippen MR) is 64.4 cm³/mol. The third kappa shape index (κ3) is 1.67. The molecule has 1 atom stereocenters. The summed E-state index contributed by atoms with van der Waals surface area (Å²) in [6, 6.07) is 0. The van der Waals surface area contributed by atoms with Gasteiger partial charge >= 0.3 is 0 Å². The van der Waals surface area contributed by atoms with E-state index in [9.17, 15) is 0 Å². The van der Waals surface area contributed by atoms with Crippen LogP contribution in [0.25, 0.3) is 0 Å². The molecule has 16 heavy (non-hydrogen) atoms. The Balaban J connectivity index is 1.86. The Labute approximate surface area is 97.3 Å². The van der Waals surface area contributed by atoms with E-state index in [1.54, 1.807) is 0 Å². The van der Waals surface area contributed by atoms with Crippen LogP contribution in [0, 0.1) is 5.41 Å². The topological polar surface area (TPSA) is 29.9 Å². The molecule has 1 aliphatic carbocycles. The molecule has 0 radical (unpaired) electrons. The predicted octanol–water partition coefficient (Wildman–Crippen LogP) is 1.93. The molecule has 2 heterocycles. The molecule has 1 aliphatic heterocycles. The first-order valence-electron chi connectivity index (χ1n) is 6.33. The van der Waals surface area contributed by atoms with Crippen molar-refractivity contribution < 1.29 is 0 Å². The second-order valence-electron chi connectivity index (χ2n) is 6.20. The van der Waals surface area contributed by atoms with Gasteiger partial charge in [0.25, 0.3) is 0 Å². The van der Waals surface area contributed by atoms with Gasteiger partial charge in [0.05, 0.1) is 6.33 Å². The Morgan fingerprint density at radius 1 is 1.38 bits per heavy atom. The van der Waals surface area contributed by atoms with Gasteiger partial charge in [-0.2, -0.15) is 0 Å². The average Bonchev–Trinajstić information content (AvgIpc) is 2.70. The fourth-order valence-electron chi connectivity index (χ4n) is 2.77. The van der Waals surface area contributed by atoms with Crippen molar-refractivity contribution in [3.63, 3.8) is 0 Å². The molecule has 3 heteroatoms. The van der Waals surface area contributed by atoms with E-state index < -0.39 is 0 Å². The van der Waals surface area contributed by atoms with Gasteiger partial charge in [0.15, 0.2) is 0 Å². The molecule has 1 saturated carbocycles. The van der Waals surface area contributed by atoms with Crippen LogP contribution in [0.1, 0.15) is 38.8 Å². The van der Waals surface area contributed by atoms with Crippen molar-refractivity contribution in [3.8, 4) is 0 Å². The Kier molecular flexibility index (Phi) is 2.15. The van der Waals surface area contributed by atoms with Gasteiger partial charge in [0.2, 0.25) is 0 Å². The van der Waals surface area contributed by atoms with Gasteiger partial charge < -0.3 is 9.88 Å². The van der Waals surface area contributed by atoms with Gasteiger partial charge in [0, 0.05) is 30.4 Å². The minimum Gasteiger partial charge on any atom is -0.333 e. The van der Waals surface area contributed by atoms with Gasteiger partial charge in [-0.05, 0) is 31.2 Å². The minimum absolute atomic E-state index is 0.293. The van der Waals surface area contributed by atoms with Crippen molar-refractivity contribution in [3.05, 3.63) is 18.2 Å². The number of aromatic nitrogens is 2. The van der Waals surface area contributed by atoms with Crippen molar-refractivity contribution in [2.45, 2.75) is 45.1 Å². The van der Waals surface area contributed by atoms with E-state index in [1.807, 2.05) is 6.33 Å². The summed E-state index contributed by atoms with van der Waals surface area (Å²) in [4.78, 5) is 4.36. The molecule has 1 aromatic rings. The first kappa shape index (κ1) is 10.3. The highest BCUT2D eigenvalue weighted by Crippen LogP contribution is 2.47. The average molecular weight is 219 g/mol. The Bertz CT molecular complexity index is 384. The Morgan fingerprint density at radius 3 is 2.81 bits per heavy atom. The van der Waals surface area contributed by atoms with Crippen LogP contribution < -0.4 is 5.32 Å². The number of nitrogens with zero attached hydrogens (tertiary/aromatic N) is 2. The third-order valence-electron chi connectivity index (χ3n) is 4.36. The molecule has 1 N–H and O–H groups in total. The summed E-state index contributed by atoms with van der Waals surface area (Å²) in [5.41, 5.74) is 2.27. The second-order valence-corrected chi connectivity index (χ2v) is 6.20. The monoisotopic (exact) mass is 219 g/mol. The van der Waals surface area contributed by atoms with Crippen LogP contribution in [0.15, 0.2) is 12.5 Å². The molecule has 1 aromatic heterocycles. The van der Waals surface area contributed by atoms with E-state index in [4.69, 9.17) is 0 Å². The van der Waals surface area contributed by atoms with E-state index in [2.05, 4.69) is 34.9 Å². The first-order valence-corrected chi connectivity index (χ1v) is 6.33. The zero-order valence-electron chi connectivity index (χ0n) is 10.3. The number of rotatable bonds is 3. The maximum atomic E-state index is 4.36. The smallest absolute Gasteiger partial charge is 0.0948 e. The SMILES string of the molecule is CC1(Cn2cncc2C2(C)CCNC2)CC1. The molecule has 2 fully saturated rings. The number of hydrogen-bond acceptors (Lipinski definition) is 2. The molecule has 3 rings (SSSR count). The highest BCUT2D eigenvalue weighted by atomic mass is 15.1. The largest absolute Gasteiger partial charge is 0.333 e. The molecular weight excluding hydrogens is 198 g/mol. The second kappa shape index (κ2) is 3.33. The van der Waals surface area contributed by atoms with Crippen LogP contribution in [0.3, 0.4) is 0 Å². The van der Waals surface area contributed by atoms with Crippen LogP contribution in [0.5, 0.6) is 0 Å². The third-order valence-corrected chi connectivity index (χ3v) is 4.36. The van der Waals surface area contributed by atoms with Crippen LogP contribution in [-0.2, 0) is 12.0 Å². The Morgan fingerprint density at radius 2 is 2.19 bits per heavy atom. The van der Waals surface area contributed by atoms with Crippen LogP contribution in [0.4, 0.5) is 0 Å². The number of nitrogens with one attached hydrogen (secondary N) is 1. The van der Waals surface area contributed by atoms with Crippen molar-refractivity contribution in [1.82, 2.24) is 14.9 Å². The molecular formula is C13H21N3. The molecule has 0 aromatic carbocycles. The van der Waals surface area contributed by atoms with Gasteiger partial charge in [-0.1, -0.05) is 13.8 Å². The number of imidazole rings is 1. The summed E-state index contributed by atoms with van der Waals surface area (Å²) in [6.45, 7) is 8.12. The maximum absolute atomic E-state index is 4.36. The normalized spacial score (nSPS) is 31.9. The van der Waals surface area contributed by atoms with E-state index in [1.165, 1.54) is 25.0 Å². The highest BCUT2D eigenvalue weighted by Gasteiger charge is 2.40. The molecule has 3 nitrogen and oxygen atoms in total. The van der Waals surface area contributed by atoms with E-state index >= 15 is 0 Å². The molecule has 0 amide bonds. The van der Waals surface area contributed by atoms with E-state index in [-0.39, 0.29) is 0 Å². The van der Waals surface area contributed by atoms with Crippen molar-refractivity contribution >= 4 is 0 Å². The summed E-state index contributed by atoms with van der Waals surface area (Å²) >= 11 is 0. The van der Waals surface area contributed by atoms with Crippen LogP contribution >= 0.6 is 0 Å². The molecule has 0 spiro atoms. The summed E-state index contributed by atoms with van der Waals surface area (Å²) in [5.74, 6) is 0. The maximum Gasteiger partial charge on any atom is 0.0948 e. The quantitative estimate of drug-likeness (QED) is 0.842. The molecule has 1 unspecified atom stereocenters. The Hall–Kier alpha value is -0.830. The van der Waals surface area contributed by atoms with Gasteiger partial charge in [-0.25, -0.2) is 4.98 Å². The lowest BCUT2D eigenvalue weighted by Crippen LogP contribution is -2.28. The fourth-order valence-corrected chi connectivity index (χ4v) is 2.77. The summed E-state index contributed by atoms with van der Waals surface area (Å²) < 4.78 is 2.39. The standard InChI is InChI=1S/C13H21N3/c1-12(3-4-12)9-16-10-15-7-11(16)13(2)5-6-14-8-13/h7,10,14H,3-6,8-9H2,1-2H3. The van der Waals surface area contributed by atoms with Crippen LogP contribution in [0.2, 0.25) is 0 Å². The first-order chi connectivity index (χ1) is 7.61. The molecule has 88 valence electrons. The van der Waals surface area contributed by atoms with Gasteiger partial charge in [-0.15, -0.1) is 0 Å². The zero-order chi connectivity index (χ0) is 11.2. The fraction of sp³-hybridized carbons (Fsp3) is 0.769. The van der Waals surface area contributed by atoms with Crippen molar-refractivity contribution in [2.75, 3.05) is 13.1 Å².